The van der Waals surface area contributed by atoms with Gasteiger partial charge in [0.25, 0.3) is 0 Å². The topological polar surface area (TPSA) is 0 Å². The molecule has 1 aromatic carbocycles. The van der Waals surface area contributed by atoms with Crippen molar-refractivity contribution in [2.45, 2.75) is 47.0 Å². The molecular formula is C24H32. The summed E-state index contributed by atoms with van der Waals surface area (Å²) in [5, 5.41) is 0. The average Bonchev–Trinajstić information content (AvgIpc) is 2.54. The van der Waals surface area contributed by atoms with Gasteiger partial charge in [-0.1, -0.05) is 99.7 Å². The van der Waals surface area contributed by atoms with Crippen LogP contribution in [0, 0.1) is 5.92 Å². The lowest BCUT2D eigenvalue weighted by Gasteiger charge is -2.14. The summed E-state index contributed by atoms with van der Waals surface area (Å²) < 4.78 is 0. The molecule has 0 spiro atoms. The summed E-state index contributed by atoms with van der Waals surface area (Å²) in [6.07, 6.45) is 15.9. The lowest BCUT2D eigenvalue weighted by Crippen LogP contribution is -1.97. The van der Waals surface area contributed by atoms with Crippen LogP contribution in [0.3, 0.4) is 0 Å². The van der Waals surface area contributed by atoms with E-state index >= 15 is 0 Å². The Hall–Kier alpha value is -2.08. The first-order valence-corrected chi connectivity index (χ1v) is 8.90. The molecular weight excluding hydrogens is 288 g/mol. The zero-order valence-corrected chi connectivity index (χ0v) is 15.9. The molecule has 0 saturated heterocycles. The van der Waals surface area contributed by atoms with Gasteiger partial charge in [-0.05, 0) is 48.8 Å². The quantitative estimate of drug-likeness (QED) is 0.435. The van der Waals surface area contributed by atoms with Gasteiger partial charge >= 0.3 is 0 Å². The van der Waals surface area contributed by atoms with Crippen LogP contribution >= 0.6 is 0 Å². The molecule has 0 heteroatoms. The molecule has 0 fully saturated rings. The van der Waals surface area contributed by atoms with Crippen LogP contribution in [-0.2, 0) is 0 Å². The van der Waals surface area contributed by atoms with Gasteiger partial charge in [0, 0.05) is 0 Å². The first kappa shape index (κ1) is 20.0. The molecule has 1 unspecified atom stereocenters. The molecule has 0 saturated carbocycles. The minimum Gasteiger partial charge on any atom is -0.0990 e. The number of benzene rings is 1. The summed E-state index contributed by atoms with van der Waals surface area (Å²) in [6, 6.07) is 8.93. The Balaban J connectivity index is 2.95. The Bertz CT molecular complexity index is 619. The minimum absolute atomic E-state index is 0.508. The van der Waals surface area contributed by atoms with Gasteiger partial charge in [0.05, 0.1) is 0 Å². The van der Waals surface area contributed by atoms with Crippen molar-refractivity contribution in [3.8, 4) is 0 Å². The summed E-state index contributed by atoms with van der Waals surface area (Å²) in [5.74, 6) is 1.09. The van der Waals surface area contributed by atoms with Crippen LogP contribution in [-0.4, -0.2) is 0 Å². The monoisotopic (exact) mass is 320 g/mol. The molecule has 0 nitrogen and oxygen atoms in total. The van der Waals surface area contributed by atoms with E-state index in [1.54, 1.807) is 0 Å². The van der Waals surface area contributed by atoms with Gasteiger partial charge in [0.2, 0.25) is 0 Å². The smallest absolute Gasteiger partial charge is 0.0150 e. The van der Waals surface area contributed by atoms with E-state index in [2.05, 4.69) is 88.9 Å². The van der Waals surface area contributed by atoms with E-state index in [4.69, 9.17) is 0 Å². The van der Waals surface area contributed by atoms with E-state index < -0.39 is 0 Å². The lowest BCUT2D eigenvalue weighted by molar-refractivity contribution is 0.742. The zero-order valence-electron chi connectivity index (χ0n) is 15.9. The fourth-order valence-electron chi connectivity index (χ4n) is 2.86. The minimum atomic E-state index is 0.508. The third kappa shape index (κ3) is 6.58. The first-order chi connectivity index (χ1) is 11.5. The molecule has 0 aliphatic rings. The molecule has 1 rings (SSSR count). The highest BCUT2D eigenvalue weighted by Crippen LogP contribution is 2.26. The van der Waals surface area contributed by atoms with Crippen molar-refractivity contribution in [3.63, 3.8) is 0 Å². The molecule has 1 atom stereocenters. The molecule has 0 aromatic heterocycles. The Labute approximate surface area is 149 Å². The normalized spacial score (nSPS) is 14.8. The standard InChI is InChI=1S/C24H32/c1-7-10-21(17-19(4)5)18-20(6)22-13-15-24(16-14-22)23(11-8-2)12-9-3/h7-17,19-20H,2,18H2,1,3-6H3/b10-7-,12-9?,21-17-,23-11+. The van der Waals surface area contributed by atoms with E-state index in [1.165, 1.54) is 22.3 Å². The summed E-state index contributed by atoms with van der Waals surface area (Å²) in [4.78, 5) is 0. The summed E-state index contributed by atoms with van der Waals surface area (Å²) in [7, 11) is 0. The number of hydrogen-bond acceptors (Lipinski definition) is 0. The van der Waals surface area contributed by atoms with Crippen molar-refractivity contribution in [2.24, 2.45) is 5.92 Å². The van der Waals surface area contributed by atoms with Crippen molar-refractivity contribution >= 4 is 5.57 Å². The highest BCUT2D eigenvalue weighted by atomic mass is 14.1. The van der Waals surface area contributed by atoms with Crippen LogP contribution in [0.15, 0.2) is 78.9 Å². The number of hydrogen-bond donors (Lipinski definition) is 0. The third-order valence-corrected chi connectivity index (χ3v) is 3.93. The SMILES string of the molecule is C=C/C=C(\C=CC)c1ccc(C(C)CC(/C=C\C)=C\C(C)C)cc1. The molecule has 0 N–H and O–H groups in total. The van der Waals surface area contributed by atoms with Crippen LogP contribution in [0.4, 0.5) is 0 Å². The molecule has 0 bridgehead atoms. The molecule has 0 heterocycles. The van der Waals surface area contributed by atoms with Gasteiger partial charge in [0.15, 0.2) is 0 Å². The third-order valence-electron chi connectivity index (χ3n) is 3.93. The second kappa shape index (κ2) is 10.6. The number of allylic oxidation sites excluding steroid dienone is 9. The highest BCUT2D eigenvalue weighted by molar-refractivity contribution is 5.75. The first-order valence-electron chi connectivity index (χ1n) is 8.90. The van der Waals surface area contributed by atoms with E-state index in [0.29, 0.717) is 11.8 Å². The van der Waals surface area contributed by atoms with Gasteiger partial charge in [-0.25, -0.2) is 0 Å². The second-order valence-electron chi connectivity index (χ2n) is 6.57. The van der Waals surface area contributed by atoms with E-state index in [0.717, 1.165) is 6.42 Å². The zero-order chi connectivity index (χ0) is 17.9. The maximum absolute atomic E-state index is 3.80. The molecule has 0 aliphatic heterocycles. The predicted octanol–water partition coefficient (Wildman–Crippen LogP) is 7.48. The van der Waals surface area contributed by atoms with Crippen LogP contribution in [0.2, 0.25) is 0 Å². The molecule has 0 amide bonds. The van der Waals surface area contributed by atoms with E-state index in [-0.39, 0.29) is 0 Å². The Morgan fingerprint density at radius 1 is 1.00 bits per heavy atom. The average molecular weight is 321 g/mol. The molecule has 0 radical (unpaired) electrons. The van der Waals surface area contributed by atoms with Gasteiger partial charge in [-0.15, -0.1) is 0 Å². The fraction of sp³-hybridized carbons (Fsp3) is 0.333. The van der Waals surface area contributed by atoms with E-state index in [1.807, 2.05) is 19.1 Å². The van der Waals surface area contributed by atoms with Gasteiger partial charge in [0.1, 0.15) is 0 Å². The Morgan fingerprint density at radius 3 is 2.12 bits per heavy atom. The van der Waals surface area contributed by atoms with Crippen LogP contribution in [0.25, 0.3) is 5.57 Å². The maximum atomic E-state index is 3.80. The summed E-state index contributed by atoms with van der Waals surface area (Å²) in [5.41, 5.74) is 5.23. The van der Waals surface area contributed by atoms with Crippen LogP contribution < -0.4 is 0 Å². The van der Waals surface area contributed by atoms with Gasteiger partial charge in [-0.3, -0.25) is 0 Å². The Kier molecular flexibility index (Phi) is 8.86. The molecule has 0 aliphatic carbocycles. The largest absolute Gasteiger partial charge is 0.0990 e. The number of rotatable bonds is 8. The highest BCUT2D eigenvalue weighted by Gasteiger charge is 2.08. The lowest BCUT2D eigenvalue weighted by atomic mass is 9.91. The molecule has 1 aromatic rings. The molecule has 128 valence electrons. The van der Waals surface area contributed by atoms with Crippen molar-refractivity contribution in [2.75, 3.05) is 0 Å². The van der Waals surface area contributed by atoms with Crippen LogP contribution in [0.5, 0.6) is 0 Å². The fourth-order valence-corrected chi connectivity index (χ4v) is 2.86. The van der Waals surface area contributed by atoms with Gasteiger partial charge in [-0.2, -0.15) is 0 Å². The summed E-state index contributed by atoms with van der Waals surface area (Å²) in [6.45, 7) is 14.7. The summed E-state index contributed by atoms with van der Waals surface area (Å²) >= 11 is 0. The van der Waals surface area contributed by atoms with Crippen molar-refractivity contribution < 1.29 is 0 Å². The van der Waals surface area contributed by atoms with E-state index in [9.17, 15) is 0 Å². The van der Waals surface area contributed by atoms with Crippen molar-refractivity contribution in [1.82, 2.24) is 0 Å². The second-order valence-corrected chi connectivity index (χ2v) is 6.57. The maximum Gasteiger partial charge on any atom is -0.0150 e. The van der Waals surface area contributed by atoms with Crippen LogP contribution in [0.1, 0.15) is 58.1 Å². The predicted molar refractivity (Wildman–Crippen MR) is 110 cm³/mol. The van der Waals surface area contributed by atoms with Crippen molar-refractivity contribution in [3.05, 3.63) is 90.1 Å². The van der Waals surface area contributed by atoms with Gasteiger partial charge < -0.3 is 0 Å². The van der Waals surface area contributed by atoms with Crippen molar-refractivity contribution in [1.29, 1.82) is 0 Å². The molecule has 24 heavy (non-hydrogen) atoms. The Morgan fingerprint density at radius 2 is 1.62 bits per heavy atom.